The van der Waals surface area contributed by atoms with Crippen LogP contribution in [-0.4, -0.2) is 29.1 Å². The normalized spacial score (nSPS) is 13.3. The Morgan fingerprint density at radius 3 is 2.50 bits per heavy atom. The third-order valence-electron chi connectivity index (χ3n) is 2.97. The lowest BCUT2D eigenvalue weighted by Gasteiger charge is -2.06. The van der Waals surface area contributed by atoms with Gasteiger partial charge in [-0.15, -0.1) is 5.10 Å². The van der Waals surface area contributed by atoms with Gasteiger partial charge in [-0.3, -0.25) is 5.43 Å². The number of anilines is 1. The molecule has 2 heterocycles. The van der Waals surface area contributed by atoms with Crippen LogP contribution in [0.25, 0.3) is 0 Å². The molecule has 6 nitrogen and oxygen atoms in total. The summed E-state index contributed by atoms with van der Waals surface area (Å²) in [4.78, 5) is 8.45. The molecule has 0 atom stereocenters. The van der Waals surface area contributed by atoms with Crippen molar-refractivity contribution in [1.29, 1.82) is 0 Å². The van der Waals surface area contributed by atoms with Gasteiger partial charge in [0.2, 0.25) is 11.8 Å². The van der Waals surface area contributed by atoms with Gasteiger partial charge in [0.05, 0.1) is 5.56 Å². The maximum atomic E-state index is 5.97. The maximum absolute atomic E-state index is 5.97. The van der Waals surface area contributed by atoms with Crippen molar-refractivity contribution in [2.24, 2.45) is 5.10 Å². The standard InChI is InChI=1S/C14H13Cl2N5O/c15-11-3-9(4-12(16)5-11)1-2-17-14-18-6-10(7-19-14)13-21-20-8-22-13/h3-7,20H,1-2,8H2,(H,17,18,19). The van der Waals surface area contributed by atoms with Crippen molar-refractivity contribution in [2.45, 2.75) is 6.42 Å². The Bertz CT molecular complexity index is 670. The van der Waals surface area contributed by atoms with Crippen molar-refractivity contribution in [3.05, 3.63) is 51.8 Å². The average molecular weight is 338 g/mol. The van der Waals surface area contributed by atoms with Gasteiger partial charge < -0.3 is 10.1 Å². The summed E-state index contributed by atoms with van der Waals surface area (Å²) in [5.41, 5.74) is 4.51. The van der Waals surface area contributed by atoms with Gasteiger partial charge in [0.1, 0.15) is 0 Å². The molecule has 1 aliphatic heterocycles. The number of ether oxygens (including phenoxy) is 1. The Balaban J connectivity index is 1.55. The second-order valence-corrected chi connectivity index (χ2v) is 5.49. The van der Waals surface area contributed by atoms with Gasteiger partial charge in [0, 0.05) is 29.0 Å². The Morgan fingerprint density at radius 2 is 1.86 bits per heavy atom. The SMILES string of the molecule is Clc1cc(Cl)cc(CCNc2ncc(C3=NNCO3)cn2)c1. The van der Waals surface area contributed by atoms with Crippen LogP contribution in [-0.2, 0) is 11.2 Å². The number of halogens is 2. The molecule has 3 rings (SSSR count). The summed E-state index contributed by atoms with van der Waals surface area (Å²) in [7, 11) is 0. The number of hydrazone groups is 1. The van der Waals surface area contributed by atoms with Crippen LogP contribution in [0.1, 0.15) is 11.1 Å². The Kier molecular flexibility index (Phi) is 4.60. The van der Waals surface area contributed by atoms with Crippen LogP contribution in [0.5, 0.6) is 0 Å². The molecule has 1 aromatic carbocycles. The van der Waals surface area contributed by atoms with Crippen LogP contribution in [0.3, 0.4) is 0 Å². The van der Waals surface area contributed by atoms with Crippen LogP contribution in [0.2, 0.25) is 10.0 Å². The lowest BCUT2D eigenvalue weighted by molar-refractivity contribution is 0.316. The molecule has 2 N–H and O–H groups in total. The zero-order chi connectivity index (χ0) is 15.4. The van der Waals surface area contributed by atoms with E-state index in [-0.39, 0.29) is 0 Å². The number of aromatic nitrogens is 2. The predicted molar refractivity (Wildman–Crippen MR) is 86.3 cm³/mol. The first-order chi connectivity index (χ1) is 10.7. The lowest BCUT2D eigenvalue weighted by Crippen LogP contribution is -2.09. The third kappa shape index (κ3) is 3.78. The van der Waals surface area contributed by atoms with Crippen LogP contribution in [0, 0.1) is 0 Å². The molecule has 22 heavy (non-hydrogen) atoms. The number of rotatable bonds is 5. The van der Waals surface area contributed by atoms with Crippen molar-refractivity contribution in [2.75, 3.05) is 18.6 Å². The molecule has 1 aliphatic rings. The molecule has 0 saturated carbocycles. The molecular weight excluding hydrogens is 325 g/mol. The minimum Gasteiger partial charge on any atom is -0.453 e. The van der Waals surface area contributed by atoms with E-state index in [1.165, 1.54) is 0 Å². The van der Waals surface area contributed by atoms with E-state index in [2.05, 4.69) is 25.8 Å². The first kappa shape index (κ1) is 14.9. The molecule has 2 aromatic rings. The molecular formula is C14H13Cl2N5O. The van der Waals surface area contributed by atoms with Crippen molar-refractivity contribution in [3.63, 3.8) is 0 Å². The Labute approximate surface area is 137 Å². The quantitative estimate of drug-likeness (QED) is 0.877. The molecule has 0 bridgehead atoms. The van der Waals surface area contributed by atoms with E-state index in [9.17, 15) is 0 Å². The van der Waals surface area contributed by atoms with Crippen molar-refractivity contribution >= 4 is 35.0 Å². The summed E-state index contributed by atoms with van der Waals surface area (Å²) >= 11 is 11.9. The van der Waals surface area contributed by atoms with Gasteiger partial charge >= 0.3 is 0 Å². The van der Waals surface area contributed by atoms with E-state index in [0.717, 1.165) is 17.5 Å². The highest BCUT2D eigenvalue weighted by Crippen LogP contribution is 2.19. The molecule has 0 aliphatic carbocycles. The fourth-order valence-corrected chi connectivity index (χ4v) is 2.56. The topological polar surface area (TPSA) is 71.4 Å². The summed E-state index contributed by atoms with van der Waals surface area (Å²) in [6.07, 6.45) is 4.10. The van der Waals surface area contributed by atoms with E-state index in [1.54, 1.807) is 18.5 Å². The van der Waals surface area contributed by atoms with E-state index < -0.39 is 0 Å². The van der Waals surface area contributed by atoms with Crippen LogP contribution in [0.15, 0.2) is 35.7 Å². The zero-order valence-corrected chi connectivity index (χ0v) is 13.0. The summed E-state index contributed by atoms with van der Waals surface area (Å²) in [5.74, 6) is 1.04. The van der Waals surface area contributed by atoms with Crippen LogP contribution in [0.4, 0.5) is 5.95 Å². The van der Waals surface area contributed by atoms with Gasteiger partial charge in [-0.25, -0.2) is 9.97 Å². The largest absolute Gasteiger partial charge is 0.453 e. The lowest BCUT2D eigenvalue weighted by atomic mass is 10.1. The summed E-state index contributed by atoms with van der Waals surface area (Å²) in [6, 6.07) is 5.49. The fraction of sp³-hybridized carbons (Fsp3) is 0.214. The minimum absolute atomic E-state index is 0.373. The zero-order valence-electron chi connectivity index (χ0n) is 11.5. The van der Waals surface area contributed by atoms with E-state index in [4.69, 9.17) is 27.9 Å². The number of benzene rings is 1. The predicted octanol–water partition coefficient (Wildman–Crippen LogP) is 2.68. The Morgan fingerprint density at radius 1 is 1.14 bits per heavy atom. The highest BCUT2D eigenvalue weighted by Gasteiger charge is 2.10. The van der Waals surface area contributed by atoms with Gasteiger partial charge in [0.15, 0.2) is 6.73 Å². The molecule has 1 aromatic heterocycles. The fourth-order valence-electron chi connectivity index (χ4n) is 1.99. The van der Waals surface area contributed by atoms with Crippen molar-refractivity contribution in [1.82, 2.24) is 15.4 Å². The smallest absolute Gasteiger partial charge is 0.242 e. The van der Waals surface area contributed by atoms with Crippen molar-refractivity contribution < 1.29 is 4.74 Å². The average Bonchev–Trinajstić information content (AvgIpc) is 3.01. The maximum Gasteiger partial charge on any atom is 0.242 e. The van der Waals surface area contributed by atoms with Crippen LogP contribution >= 0.6 is 23.2 Å². The summed E-state index contributed by atoms with van der Waals surface area (Å²) < 4.78 is 5.25. The van der Waals surface area contributed by atoms with Gasteiger partial charge in [-0.1, -0.05) is 23.2 Å². The number of nitrogens with zero attached hydrogens (tertiary/aromatic N) is 3. The van der Waals surface area contributed by atoms with Crippen LogP contribution < -0.4 is 10.7 Å². The van der Waals surface area contributed by atoms with Gasteiger partial charge in [-0.2, -0.15) is 0 Å². The van der Waals surface area contributed by atoms with E-state index in [0.29, 0.717) is 35.2 Å². The molecule has 0 spiro atoms. The van der Waals surface area contributed by atoms with Gasteiger partial charge in [-0.05, 0) is 30.2 Å². The van der Waals surface area contributed by atoms with Gasteiger partial charge in [0.25, 0.3) is 0 Å². The summed E-state index contributed by atoms with van der Waals surface area (Å²) in [5, 5.41) is 8.38. The number of hydrogen-bond acceptors (Lipinski definition) is 6. The third-order valence-corrected chi connectivity index (χ3v) is 3.41. The van der Waals surface area contributed by atoms with Crippen molar-refractivity contribution in [3.8, 4) is 0 Å². The number of hydrogen-bond donors (Lipinski definition) is 2. The molecule has 0 saturated heterocycles. The molecule has 0 fully saturated rings. The highest BCUT2D eigenvalue weighted by molar-refractivity contribution is 6.34. The Hall–Kier alpha value is -2.05. The minimum atomic E-state index is 0.373. The first-order valence-electron chi connectivity index (χ1n) is 6.65. The number of nitrogens with one attached hydrogen (secondary N) is 2. The molecule has 0 unspecified atom stereocenters. The monoisotopic (exact) mass is 337 g/mol. The molecule has 0 amide bonds. The van der Waals surface area contributed by atoms with E-state index in [1.807, 2.05) is 12.1 Å². The summed E-state index contributed by atoms with van der Waals surface area (Å²) in [6.45, 7) is 1.05. The molecule has 114 valence electrons. The molecule has 0 radical (unpaired) electrons. The second-order valence-electron chi connectivity index (χ2n) is 4.61. The van der Waals surface area contributed by atoms with E-state index >= 15 is 0 Å². The first-order valence-corrected chi connectivity index (χ1v) is 7.41. The second kappa shape index (κ2) is 6.81. The molecule has 8 heteroatoms. The highest BCUT2D eigenvalue weighted by atomic mass is 35.5.